The zero-order valence-electron chi connectivity index (χ0n) is 15.0. The number of carbonyl (C=O) groups is 2. The van der Waals surface area contributed by atoms with Gasteiger partial charge in [-0.15, -0.1) is 6.58 Å². The predicted molar refractivity (Wildman–Crippen MR) is 98.9 cm³/mol. The van der Waals surface area contributed by atoms with Crippen LogP contribution < -0.4 is 5.32 Å². The fourth-order valence-corrected chi connectivity index (χ4v) is 3.63. The van der Waals surface area contributed by atoms with Crippen molar-refractivity contribution in [2.24, 2.45) is 11.8 Å². The minimum absolute atomic E-state index is 0.0354. The van der Waals surface area contributed by atoms with Crippen LogP contribution in [0.4, 0.5) is 0 Å². The fourth-order valence-electron chi connectivity index (χ4n) is 3.63. The van der Waals surface area contributed by atoms with Crippen LogP contribution in [-0.2, 0) is 16.0 Å². The van der Waals surface area contributed by atoms with E-state index in [9.17, 15) is 9.59 Å². The molecule has 1 aliphatic carbocycles. The van der Waals surface area contributed by atoms with E-state index in [1.807, 2.05) is 4.90 Å². The van der Waals surface area contributed by atoms with Gasteiger partial charge in [0.1, 0.15) is 0 Å². The first-order valence-corrected chi connectivity index (χ1v) is 9.42. The van der Waals surface area contributed by atoms with Crippen molar-refractivity contribution in [2.75, 3.05) is 13.1 Å². The number of nitrogens with zero attached hydrogens (tertiary/aromatic N) is 1. The summed E-state index contributed by atoms with van der Waals surface area (Å²) in [5, 5.41) is 2.88. The Balaban J connectivity index is 1.76. The van der Waals surface area contributed by atoms with Crippen LogP contribution >= 0.6 is 0 Å². The molecule has 3 rings (SSSR count). The molecule has 0 spiro atoms. The molecule has 4 heteroatoms. The third kappa shape index (κ3) is 4.12. The monoisotopic (exact) mass is 340 g/mol. The zero-order valence-corrected chi connectivity index (χ0v) is 15.0. The molecule has 1 heterocycles. The third-order valence-electron chi connectivity index (χ3n) is 5.36. The Morgan fingerprint density at radius 1 is 1.16 bits per heavy atom. The number of aryl methyl sites for hydroxylation is 1. The van der Waals surface area contributed by atoms with E-state index >= 15 is 0 Å². The van der Waals surface area contributed by atoms with Crippen LogP contribution in [-0.4, -0.2) is 29.8 Å². The van der Waals surface area contributed by atoms with Gasteiger partial charge in [-0.1, -0.05) is 37.3 Å². The maximum atomic E-state index is 12.8. The standard InChI is InChI=1S/C21H28N2O2/c1-3-13-22-20(24)18-11-12-19(16-7-5-15(4-2)6-8-16)23(14-18)21(25)17-9-10-17/h3,5-8,17-19H,1,4,9-14H2,2H3,(H,22,24). The van der Waals surface area contributed by atoms with Crippen LogP contribution in [0.3, 0.4) is 0 Å². The molecule has 0 aromatic heterocycles. The zero-order chi connectivity index (χ0) is 17.8. The SMILES string of the molecule is C=CCNC(=O)C1CCC(c2ccc(CC)cc2)N(C(=O)C2CC2)C1. The van der Waals surface area contributed by atoms with Crippen molar-refractivity contribution in [1.82, 2.24) is 10.2 Å². The van der Waals surface area contributed by atoms with Gasteiger partial charge in [0, 0.05) is 19.0 Å². The number of benzene rings is 1. The molecule has 1 saturated carbocycles. The minimum atomic E-state index is -0.117. The van der Waals surface area contributed by atoms with Crippen LogP contribution in [0.5, 0.6) is 0 Å². The van der Waals surface area contributed by atoms with Gasteiger partial charge in [-0.3, -0.25) is 9.59 Å². The van der Waals surface area contributed by atoms with Gasteiger partial charge in [0.25, 0.3) is 0 Å². The minimum Gasteiger partial charge on any atom is -0.352 e. The average molecular weight is 340 g/mol. The smallest absolute Gasteiger partial charge is 0.226 e. The molecule has 1 N–H and O–H groups in total. The van der Waals surface area contributed by atoms with E-state index < -0.39 is 0 Å². The molecule has 25 heavy (non-hydrogen) atoms. The highest BCUT2D eigenvalue weighted by Gasteiger charge is 2.41. The van der Waals surface area contributed by atoms with Crippen LogP contribution in [0.1, 0.15) is 49.8 Å². The van der Waals surface area contributed by atoms with Crippen molar-refractivity contribution >= 4 is 11.8 Å². The van der Waals surface area contributed by atoms with Gasteiger partial charge in [0.15, 0.2) is 0 Å². The Morgan fingerprint density at radius 2 is 1.84 bits per heavy atom. The van der Waals surface area contributed by atoms with E-state index in [2.05, 4.69) is 43.1 Å². The number of rotatable bonds is 6. The maximum absolute atomic E-state index is 12.8. The summed E-state index contributed by atoms with van der Waals surface area (Å²) in [5.74, 6) is 0.320. The molecule has 0 radical (unpaired) electrons. The summed E-state index contributed by atoms with van der Waals surface area (Å²) in [6.45, 7) is 6.79. The largest absolute Gasteiger partial charge is 0.352 e. The average Bonchev–Trinajstić information content (AvgIpc) is 3.50. The normalized spacial score (nSPS) is 23.2. The van der Waals surface area contributed by atoms with Crippen molar-refractivity contribution in [1.29, 1.82) is 0 Å². The number of piperidine rings is 1. The molecule has 0 bridgehead atoms. The van der Waals surface area contributed by atoms with Crippen LogP contribution in [0.25, 0.3) is 0 Å². The molecule has 1 aromatic carbocycles. The molecule has 1 saturated heterocycles. The van der Waals surface area contributed by atoms with E-state index in [4.69, 9.17) is 0 Å². The molecule has 2 amide bonds. The Morgan fingerprint density at radius 3 is 2.44 bits per heavy atom. The first-order valence-electron chi connectivity index (χ1n) is 9.42. The van der Waals surface area contributed by atoms with Crippen LogP contribution in [0.15, 0.2) is 36.9 Å². The quantitative estimate of drug-likeness (QED) is 0.808. The summed E-state index contributed by atoms with van der Waals surface area (Å²) in [5.41, 5.74) is 2.50. The van der Waals surface area contributed by atoms with Crippen molar-refractivity contribution in [2.45, 2.75) is 45.1 Å². The molecule has 134 valence electrons. The molecule has 2 aliphatic rings. The highest BCUT2D eigenvalue weighted by Crippen LogP contribution is 2.39. The lowest BCUT2D eigenvalue weighted by atomic mass is 9.87. The van der Waals surface area contributed by atoms with Gasteiger partial charge in [-0.2, -0.15) is 0 Å². The summed E-state index contributed by atoms with van der Waals surface area (Å²) >= 11 is 0. The summed E-state index contributed by atoms with van der Waals surface area (Å²) < 4.78 is 0. The summed E-state index contributed by atoms with van der Waals surface area (Å²) in [7, 11) is 0. The predicted octanol–water partition coefficient (Wildman–Crippen LogP) is 3.24. The van der Waals surface area contributed by atoms with Gasteiger partial charge >= 0.3 is 0 Å². The molecule has 2 unspecified atom stereocenters. The topological polar surface area (TPSA) is 49.4 Å². The van der Waals surface area contributed by atoms with Crippen LogP contribution in [0, 0.1) is 11.8 Å². The van der Waals surface area contributed by atoms with E-state index in [0.29, 0.717) is 13.1 Å². The molecule has 2 atom stereocenters. The lowest BCUT2D eigenvalue weighted by Gasteiger charge is -2.39. The Kier molecular flexibility index (Phi) is 5.57. The van der Waals surface area contributed by atoms with Crippen molar-refractivity contribution < 1.29 is 9.59 Å². The summed E-state index contributed by atoms with van der Waals surface area (Å²) in [6, 6.07) is 8.70. The summed E-state index contributed by atoms with van der Waals surface area (Å²) in [6.07, 6.45) is 6.34. The van der Waals surface area contributed by atoms with Gasteiger partial charge in [0.05, 0.1) is 12.0 Å². The Labute approximate surface area is 150 Å². The fraction of sp³-hybridized carbons (Fsp3) is 0.524. The van der Waals surface area contributed by atoms with Gasteiger partial charge in [-0.05, 0) is 43.2 Å². The van der Waals surface area contributed by atoms with E-state index in [1.165, 1.54) is 11.1 Å². The number of likely N-dealkylation sites (tertiary alicyclic amines) is 1. The number of hydrogen-bond donors (Lipinski definition) is 1. The van der Waals surface area contributed by atoms with E-state index in [-0.39, 0.29) is 29.7 Å². The van der Waals surface area contributed by atoms with Crippen molar-refractivity contribution in [3.63, 3.8) is 0 Å². The molecular formula is C21H28N2O2. The second kappa shape index (κ2) is 7.85. The number of amides is 2. The number of hydrogen-bond acceptors (Lipinski definition) is 2. The van der Waals surface area contributed by atoms with E-state index in [1.54, 1.807) is 6.08 Å². The van der Waals surface area contributed by atoms with Gasteiger partial charge in [0.2, 0.25) is 11.8 Å². The highest BCUT2D eigenvalue weighted by atomic mass is 16.2. The maximum Gasteiger partial charge on any atom is 0.226 e. The summed E-state index contributed by atoms with van der Waals surface area (Å²) in [4.78, 5) is 27.1. The first-order chi connectivity index (χ1) is 12.1. The van der Waals surface area contributed by atoms with Crippen LogP contribution in [0.2, 0.25) is 0 Å². The first kappa shape index (κ1) is 17.7. The van der Waals surface area contributed by atoms with Gasteiger partial charge < -0.3 is 10.2 Å². The lowest BCUT2D eigenvalue weighted by Crippen LogP contribution is -2.47. The lowest BCUT2D eigenvalue weighted by molar-refractivity contribution is -0.140. The number of carbonyl (C=O) groups excluding carboxylic acids is 2. The molecular weight excluding hydrogens is 312 g/mol. The number of nitrogens with one attached hydrogen (secondary N) is 1. The second-order valence-corrected chi connectivity index (χ2v) is 7.18. The Bertz CT molecular complexity index is 634. The molecule has 1 aromatic rings. The van der Waals surface area contributed by atoms with Gasteiger partial charge in [-0.25, -0.2) is 0 Å². The third-order valence-corrected chi connectivity index (χ3v) is 5.36. The van der Waals surface area contributed by atoms with Crippen molar-refractivity contribution in [3.8, 4) is 0 Å². The van der Waals surface area contributed by atoms with E-state index in [0.717, 1.165) is 32.1 Å². The Hall–Kier alpha value is -2.10. The molecule has 1 aliphatic heterocycles. The second-order valence-electron chi connectivity index (χ2n) is 7.18. The molecule has 2 fully saturated rings. The highest BCUT2D eigenvalue weighted by molar-refractivity contribution is 5.84. The molecule has 4 nitrogen and oxygen atoms in total. The van der Waals surface area contributed by atoms with Crippen molar-refractivity contribution in [3.05, 3.63) is 48.0 Å².